The SMILES string of the molecule is CC(CC(CN)C(=O)O)c1cc(OC(F)(F)F)ccc1OC(F)(F)F. The fourth-order valence-electron chi connectivity index (χ4n) is 2.18. The monoisotopic (exact) mass is 375 g/mol. The van der Waals surface area contributed by atoms with E-state index in [9.17, 15) is 31.1 Å². The van der Waals surface area contributed by atoms with Crippen LogP contribution in [0.1, 0.15) is 24.8 Å². The standard InChI is InChI=1S/C14H15F6NO4/c1-7(4-8(6-21)12(22)23)10-5-9(24-13(15,16)17)2-3-11(10)25-14(18,19)20/h2-3,5,7-8H,4,6,21H2,1H3,(H,22,23). The molecule has 2 unspecified atom stereocenters. The average Bonchev–Trinajstić information content (AvgIpc) is 2.42. The van der Waals surface area contributed by atoms with Gasteiger partial charge in [-0.3, -0.25) is 4.79 Å². The Morgan fingerprint density at radius 1 is 1.16 bits per heavy atom. The van der Waals surface area contributed by atoms with Crippen molar-refractivity contribution >= 4 is 5.97 Å². The van der Waals surface area contributed by atoms with Gasteiger partial charge >= 0.3 is 18.7 Å². The minimum atomic E-state index is -5.07. The molecule has 0 aliphatic heterocycles. The number of carbonyl (C=O) groups is 1. The molecule has 3 N–H and O–H groups in total. The van der Waals surface area contributed by atoms with Gasteiger partial charge in [0.05, 0.1) is 5.92 Å². The molecule has 0 spiro atoms. The summed E-state index contributed by atoms with van der Waals surface area (Å²) >= 11 is 0. The van der Waals surface area contributed by atoms with Crippen molar-refractivity contribution in [1.29, 1.82) is 0 Å². The number of alkyl halides is 6. The fourth-order valence-corrected chi connectivity index (χ4v) is 2.18. The lowest BCUT2D eigenvalue weighted by Crippen LogP contribution is -2.25. The van der Waals surface area contributed by atoms with E-state index in [0.717, 1.165) is 6.07 Å². The molecule has 0 bridgehead atoms. The fraction of sp³-hybridized carbons (Fsp3) is 0.500. The highest BCUT2D eigenvalue weighted by Crippen LogP contribution is 2.37. The van der Waals surface area contributed by atoms with Crippen molar-refractivity contribution in [3.05, 3.63) is 23.8 Å². The molecular weight excluding hydrogens is 360 g/mol. The van der Waals surface area contributed by atoms with Gasteiger partial charge < -0.3 is 20.3 Å². The van der Waals surface area contributed by atoms with Crippen LogP contribution in [0.4, 0.5) is 26.3 Å². The Bertz CT molecular complexity index is 602. The van der Waals surface area contributed by atoms with E-state index in [1.54, 1.807) is 0 Å². The van der Waals surface area contributed by atoms with Gasteiger partial charge in [0, 0.05) is 12.1 Å². The van der Waals surface area contributed by atoms with Crippen molar-refractivity contribution in [1.82, 2.24) is 0 Å². The summed E-state index contributed by atoms with van der Waals surface area (Å²) in [5, 5.41) is 8.97. The minimum Gasteiger partial charge on any atom is -0.481 e. The van der Waals surface area contributed by atoms with Crippen molar-refractivity contribution in [2.24, 2.45) is 11.7 Å². The van der Waals surface area contributed by atoms with E-state index in [0.29, 0.717) is 12.1 Å². The second-order valence-electron chi connectivity index (χ2n) is 5.20. The van der Waals surface area contributed by atoms with Gasteiger partial charge in [0.1, 0.15) is 11.5 Å². The van der Waals surface area contributed by atoms with Gasteiger partial charge in [-0.1, -0.05) is 6.92 Å². The molecule has 1 aromatic carbocycles. The van der Waals surface area contributed by atoms with E-state index in [-0.39, 0.29) is 18.5 Å². The maximum atomic E-state index is 12.5. The molecule has 5 nitrogen and oxygen atoms in total. The van der Waals surface area contributed by atoms with Crippen LogP contribution in [0.15, 0.2) is 18.2 Å². The zero-order chi connectivity index (χ0) is 19.4. The number of nitrogens with two attached hydrogens (primary N) is 1. The number of hydrogen-bond donors (Lipinski definition) is 2. The number of aliphatic carboxylic acids is 1. The molecule has 0 amide bonds. The first-order chi connectivity index (χ1) is 11.3. The van der Waals surface area contributed by atoms with E-state index in [4.69, 9.17) is 10.8 Å². The minimum absolute atomic E-state index is 0.199. The number of carboxylic acids is 1. The topological polar surface area (TPSA) is 81.8 Å². The number of halogens is 6. The first-order valence-corrected chi connectivity index (χ1v) is 6.90. The van der Waals surface area contributed by atoms with Crippen LogP contribution in [0, 0.1) is 5.92 Å². The molecule has 11 heteroatoms. The number of hydrogen-bond acceptors (Lipinski definition) is 4. The van der Waals surface area contributed by atoms with Crippen LogP contribution in [0.25, 0.3) is 0 Å². The van der Waals surface area contributed by atoms with Crippen molar-refractivity contribution in [3.8, 4) is 11.5 Å². The molecule has 25 heavy (non-hydrogen) atoms. The van der Waals surface area contributed by atoms with Crippen LogP contribution in [0.2, 0.25) is 0 Å². The van der Waals surface area contributed by atoms with E-state index >= 15 is 0 Å². The largest absolute Gasteiger partial charge is 0.573 e. The van der Waals surface area contributed by atoms with Gasteiger partial charge in [0.25, 0.3) is 0 Å². The van der Waals surface area contributed by atoms with Crippen LogP contribution in [0.3, 0.4) is 0 Å². The molecule has 2 atom stereocenters. The van der Waals surface area contributed by atoms with Gasteiger partial charge in [-0.2, -0.15) is 0 Å². The first-order valence-electron chi connectivity index (χ1n) is 6.90. The summed E-state index contributed by atoms with van der Waals surface area (Å²) in [6.07, 6.45) is -10.3. The Morgan fingerprint density at radius 2 is 1.72 bits per heavy atom. The summed E-state index contributed by atoms with van der Waals surface area (Å²) in [7, 11) is 0. The Kier molecular flexibility index (Phi) is 6.52. The van der Waals surface area contributed by atoms with E-state index in [2.05, 4.69) is 9.47 Å². The van der Waals surface area contributed by atoms with Crippen molar-refractivity contribution in [3.63, 3.8) is 0 Å². The van der Waals surface area contributed by atoms with Gasteiger partial charge in [-0.05, 0) is 30.5 Å². The predicted octanol–water partition coefficient (Wildman–Crippen LogP) is 3.64. The van der Waals surface area contributed by atoms with Crippen LogP contribution in [0.5, 0.6) is 11.5 Å². The summed E-state index contributed by atoms with van der Waals surface area (Å²) in [5.41, 5.74) is 5.01. The molecule has 1 aromatic rings. The van der Waals surface area contributed by atoms with Gasteiger partial charge in [-0.25, -0.2) is 0 Å². The van der Waals surface area contributed by atoms with Crippen molar-refractivity contribution in [2.75, 3.05) is 6.54 Å². The summed E-state index contributed by atoms with van der Waals surface area (Å²) < 4.78 is 81.7. The smallest absolute Gasteiger partial charge is 0.481 e. The highest BCUT2D eigenvalue weighted by molar-refractivity contribution is 5.70. The lowest BCUT2D eigenvalue weighted by Gasteiger charge is -2.21. The molecule has 0 saturated carbocycles. The summed E-state index contributed by atoms with van der Waals surface area (Å²) in [4.78, 5) is 11.0. The van der Waals surface area contributed by atoms with E-state index in [1.807, 2.05) is 0 Å². The Labute approximate surface area is 138 Å². The second kappa shape index (κ2) is 7.81. The Balaban J connectivity index is 3.20. The second-order valence-corrected chi connectivity index (χ2v) is 5.20. The zero-order valence-electron chi connectivity index (χ0n) is 12.8. The van der Waals surface area contributed by atoms with Gasteiger partial charge in [0.15, 0.2) is 0 Å². The molecular formula is C14H15F6NO4. The normalized spacial score (nSPS) is 14.7. The molecule has 0 aliphatic rings. The lowest BCUT2D eigenvalue weighted by atomic mass is 9.89. The Morgan fingerprint density at radius 3 is 2.16 bits per heavy atom. The van der Waals surface area contributed by atoms with E-state index in [1.165, 1.54) is 6.92 Å². The highest BCUT2D eigenvalue weighted by Gasteiger charge is 2.35. The maximum absolute atomic E-state index is 12.5. The number of benzene rings is 1. The Hall–Kier alpha value is -2.17. The summed E-state index contributed by atoms with van der Waals surface area (Å²) in [6.45, 7) is 1.06. The zero-order valence-corrected chi connectivity index (χ0v) is 12.8. The van der Waals surface area contributed by atoms with Crippen LogP contribution >= 0.6 is 0 Å². The molecule has 0 radical (unpaired) electrons. The van der Waals surface area contributed by atoms with Crippen molar-refractivity contribution in [2.45, 2.75) is 32.0 Å². The predicted molar refractivity (Wildman–Crippen MR) is 73.0 cm³/mol. The van der Waals surface area contributed by atoms with Gasteiger partial charge in [0.2, 0.25) is 0 Å². The van der Waals surface area contributed by atoms with Crippen LogP contribution in [-0.2, 0) is 4.79 Å². The van der Waals surface area contributed by atoms with Crippen LogP contribution in [-0.4, -0.2) is 30.3 Å². The molecule has 142 valence electrons. The number of ether oxygens (including phenoxy) is 2. The number of carboxylic acid groups (broad SMARTS) is 1. The maximum Gasteiger partial charge on any atom is 0.573 e. The third-order valence-electron chi connectivity index (χ3n) is 3.24. The molecule has 0 aliphatic carbocycles. The molecule has 1 rings (SSSR count). The third-order valence-corrected chi connectivity index (χ3v) is 3.24. The number of rotatable bonds is 7. The van der Waals surface area contributed by atoms with Crippen LogP contribution < -0.4 is 15.2 Å². The van der Waals surface area contributed by atoms with Gasteiger partial charge in [-0.15, -0.1) is 26.3 Å². The highest BCUT2D eigenvalue weighted by atomic mass is 19.4. The average molecular weight is 375 g/mol. The quantitative estimate of drug-likeness (QED) is 0.711. The third kappa shape index (κ3) is 7.08. The molecule has 0 heterocycles. The molecule has 0 fully saturated rings. The lowest BCUT2D eigenvalue weighted by molar-refractivity contribution is -0.277. The summed E-state index contributed by atoms with van der Waals surface area (Å²) in [6, 6.07) is 2.08. The summed E-state index contributed by atoms with van der Waals surface area (Å²) in [5.74, 6) is -4.73. The van der Waals surface area contributed by atoms with Crippen molar-refractivity contribution < 1.29 is 45.7 Å². The van der Waals surface area contributed by atoms with E-state index < -0.39 is 42.0 Å². The molecule has 0 saturated heterocycles. The molecule has 0 aromatic heterocycles. The first kappa shape index (κ1) is 20.9.